The summed E-state index contributed by atoms with van der Waals surface area (Å²) in [6, 6.07) is 3.24. The van der Waals surface area contributed by atoms with Crippen LogP contribution in [0.5, 0.6) is 5.75 Å². The van der Waals surface area contributed by atoms with E-state index in [1.165, 1.54) is 32.2 Å². The number of nitrogens with one attached hydrogen (secondary N) is 1. The summed E-state index contributed by atoms with van der Waals surface area (Å²) in [5, 5.41) is 2.27. The second kappa shape index (κ2) is 6.55. The average molecular weight is 315 g/mol. The standard InChI is InChI=1S/C13H15F6NO/c1-3-20-10(8-5-4-6-9(7-8)21-2)11(12(14,15)16)13(17,18)19/h4-7,10-11,20H,3H2,1-2H3. The fraction of sp³-hybridized carbons (Fsp3) is 0.538. The molecule has 0 aliphatic carbocycles. The average Bonchev–Trinajstić information content (AvgIpc) is 2.35. The van der Waals surface area contributed by atoms with E-state index in [2.05, 4.69) is 5.32 Å². The largest absolute Gasteiger partial charge is 0.497 e. The van der Waals surface area contributed by atoms with Crippen molar-refractivity contribution < 1.29 is 31.1 Å². The SMILES string of the molecule is CCNC(c1cccc(OC)c1)C(C(F)(F)F)C(F)(F)F. The minimum absolute atomic E-state index is 0.0372. The molecule has 0 amide bonds. The van der Waals surface area contributed by atoms with Crippen molar-refractivity contribution >= 4 is 0 Å². The van der Waals surface area contributed by atoms with Crippen LogP contribution in [0.15, 0.2) is 24.3 Å². The Hall–Kier alpha value is -1.44. The number of halogens is 6. The highest BCUT2D eigenvalue weighted by Crippen LogP contribution is 2.46. The zero-order chi connectivity index (χ0) is 16.3. The Morgan fingerprint density at radius 3 is 2.10 bits per heavy atom. The van der Waals surface area contributed by atoms with E-state index in [9.17, 15) is 26.3 Å². The lowest BCUT2D eigenvalue weighted by Crippen LogP contribution is -2.45. The Morgan fingerprint density at radius 2 is 1.67 bits per heavy atom. The van der Waals surface area contributed by atoms with Crippen LogP contribution in [0.25, 0.3) is 0 Å². The molecule has 8 heteroatoms. The van der Waals surface area contributed by atoms with Crippen LogP contribution in [0.2, 0.25) is 0 Å². The summed E-state index contributed by atoms with van der Waals surface area (Å²) >= 11 is 0. The highest BCUT2D eigenvalue weighted by molar-refractivity contribution is 5.31. The molecule has 0 saturated carbocycles. The fourth-order valence-electron chi connectivity index (χ4n) is 2.05. The summed E-state index contributed by atoms with van der Waals surface area (Å²) in [5.74, 6) is -3.30. The predicted molar refractivity (Wildman–Crippen MR) is 65.0 cm³/mol. The number of alkyl halides is 6. The van der Waals surface area contributed by atoms with Gasteiger partial charge in [0, 0.05) is 0 Å². The third-order valence-electron chi connectivity index (χ3n) is 2.92. The summed E-state index contributed by atoms with van der Waals surface area (Å²) < 4.78 is 82.0. The highest BCUT2D eigenvalue weighted by Gasteiger charge is 2.60. The summed E-state index contributed by atoms with van der Waals surface area (Å²) in [4.78, 5) is 0. The second-order valence-corrected chi connectivity index (χ2v) is 4.37. The van der Waals surface area contributed by atoms with Crippen molar-refractivity contribution in [1.29, 1.82) is 0 Å². The molecular weight excluding hydrogens is 300 g/mol. The molecule has 21 heavy (non-hydrogen) atoms. The molecule has 0 aromatic heterocycles. The van der Waals surface area contributed by atoms with E-state index < -0.39 is 24.3 Å². The highest BCUT2D eigenvalue weighted by atomic mass is 19.4. The van der Waals surface area contributed by atoms with Gasteiger partial charge in [0.15, 0.2) is 5.92 Å². The van der Waals surface area contributed by atoms with Crippen LogP contribution in [0, 0.1) is 5.92 Å². The molecule has 120 valence electrons. The number of rotatable bonds is 5. The van der Waals surface area contributed by atoms with Crippen molar-refractivity contribution in [2.24, 2.45) is 5.92 Å². The Balaban J connectivity index is 3.30. The van der Waals surface area contributed by atoms with Gasteiger partial charge in [0.05, 0.1) is 13.2 Å². The Kier molecular flexibility index (Phi) is 5.49. The maximum atomic E-state index is 12.9. The number of ether oxygens (including phenoxy) is 1. The van der Waals surface area contributed by atoms with Crippen molar-refractivity contribution in [1.82, 2.24) is 5.32 Å². The van der Waals surface area contributed by atoms with Crippen molar-refractivity contribution in [2.45, 2.75) is 25.3 Å². The topological polar surface area (TPSA) is 21.3 Å². The van der Waals surface area contributed by atoms with Gasteiger partial charge in [-0.3, -0.25) is 0 Å². The van der Waals surface area contributed by atoms with Gasteiger partial charge in [-0.25, -0.2) is 0 Å². The van der Waals surface area contributed by atoms with E-state index in [4.69, 9.17) is 4.74 Å². The third kappa shape index (κ3) is 4.52. The number of benzene rings is 1. The van der Waals surface area contributed by atoms with Gasteiger partial charge >= 0.3 is 12.4 Å². The summed E-state index contributed by atoms with van der Waals surface area (Å²) in [6.45, 7) is 1.40. The monoisotopic (exact) mass is 315 g/mol. The van der Waals surface area contributed by atoms with Gasteiger partial charge in [0.25, 0.3) is 0 Å². The molecule has 1 N–H and O–H groups in total. The van der Waals surface area contributed by atoms with Gasteiger partial charge in [0.2, 0.25) is 0 Å². The molecule has 1 unspecified atom stereocenters. The lowest BCUT2D eigenvalue weighted by Gasteiger charge is -2.31. The first kappa shape index (κ1) is 17.6. The molecule has 0 bridgehead atoms. The van der Waals surface area contributed by atoms with Gasteiger partial charge in [-0.15, -0.1) is 0 Å². The first-order valence-corrected chi connectivity index (χ1v) is 6.12. The lowest BCUT2D eigenvalue weighted by molar-refractivity contribution is -0.292. The first-order valence-electron chi connectivity index (χ1n) is 6.12. The fourth-order valence-corrected chi connectivity index (χ4v) is 2.05. The molecule has 1 aromatic rings. The van der Waals surface area contributed by atoms with Crippen LogP contribution in [-0.4, -0.2) is 26.0 Å². The lowest BCUT2D eigenvalue weighted by atomic mass is 9.91. The first-order chi connectivity index (χ1) is 9.61. The maximum absolute atomic E-state index is 12.9. The maximum Gasteiger partial charge on any atom is 0.402 e. The molecule has 0 aliphatic heterocycles. The summed E-state index contributed by atoms with van der Waals surface area (Å²) in [6.07, 6.45) is -10.8. The minimum atomic E-state index is -5.41. The summed E-state index contributed by atoms with van der Waals surface area (Å²) in [7, 11) is 1.28. The zero-order valence-corrected chi connectivity index (χ0v) is 11.3. The molecule has 1 rings (SSSR count). The minimum Gasteiger partial charge on any atom is -0.497 e. The van der Waals surface area contributed by atoms with Crippen molar-refractivity contribution in [3.05, 3.63) is 29.8 Å². The number of hydrogen-bond acceptors (Lipinski definition) is 2. The second-order valence-electron chi connectivity index (χ2n) is 4.37. The van der Waals surface area contributed by atoms with E-state index in [0.717, 1.165) is 6.07 Å². The normalized spacial score (nSPS) is 14.3. The molecule has 2 nitrogen and oxygen atoms in total. The number of hydrogen-bond donors (Lipinski definition) is 1. The molecule has 1 atom stereocenters. The van der Waals surface area contributed by atoms with Crippen LogP contribution in [0.3, 0.4) is 0 Å². The predicted octanol–water partition coefficient (Wildman–Crippen LogP) is 4.09. The van der Waals surface area contributed by atoms with Gasteiger partial charge in [-0.1, -0.05) is 19.1 Å². The van der Waals surface area contributed by atoms with Crippen molar-refractivity contribution in [3.63, 3.8) is 0 Å². The Labute approximate surface area is 118 Å². The zero-order valence-electron chi connectivity index (χ0n) is 11.3. The summed E-state index contributed by atoms with van der Waals surface area (Å²) in [5.41, 5.74) is -0.129. The molecule has 0 fully saturated rings. The van der Waals surface area contributed by atoms with E-state index in [1.807, 2.05) is 0 Å². The molecule has 0 aliphatic rings. The van der Waals surface area contributed by atoms with Crippen molar-refractivity contribution in [2.75, 3.05) is 13.7 Å². The Morgan fingerprint density at radius 1 is 1.10 bits per heavy atom. The van der Waals surface area contributed by atoms with Gasteiger partial charge in [0.1, 0.15) is 5.75 Å². The number of methoxy groups -OCH3 is 1. The molecule has 0 saturated heterocycles. The van der Waals surface area contributed by atoms with Crippen LogP contribution >= 0.6 is 0 Å². The molecule has 1 aromatic carbocycles. The van der Waals surface area contributed by atoms with E-state index in [1.54, 1.807) is 0 Å². The van der Waals surface area contributed by atoms with Crippen LogP contribution in [0.4, 0.5) is 26.3 Å². The smallest absolute Gasteiger partial charge is 0.402 e. The van der Waals surface area contributed by atoms with E-state index >= 15 is 0 Å². The Bertz CT molecular complexity index is 443. The molecule has 0 spiro atoms. The third-order valence-corrected chi connectivity index (χ3v) is 2.92. The van der Waals surface area contributed by atoms with Crippen LogP contribution < -0.4 is 10.1 Å². The van der Waals surface area contributed by atoms with Crippen LogP contribution in [-0.2, 0) is 0 Å². The molecular formula is C13H15F6NO. The molecule has 0 heterocycles. The molecule has 0 radical (unpaired) electrons. The van der Waals surface area contributed by atoms with Gasteiger partial charge < -0.3 is 10.1 Å². The van der Waals surface area contributed by atoms with E-state index in [0.29, 0.717) is 0 Å². The van der Waals surface area contributed by atoms with Gasteiger partial charge in [-0.05, 0) is 24.2 Å². The van der Waals surface area contributed by atoms with Gasteiger partial charge in [-0.2, -0.15) is 26.3 Å². The van der Waals surface area contributed by atoms with Crippen molar-refractivity contribution in [3.8, 4) is 5.75 Å². The quantitative estimate of drug-likeness (QED) is 0.827. The van der Waals surface area contributed by atoms with Crippen LogP contribution in [0.1, 0.15) is 18.5 Å². The van der Waals surface area contributed by atoms with E-state index in [-0.39, 0.29) is 17.9 Å².